The molecule has 27 heavy (non-hydrogen) atoms. The fourth-order valence-electron chi connectivity index (χ4n) is 3.83. The van der Waals surface area contributed by atoms with E-state index < -0.39 is 15.9 Å². The van der Waals surface area contributed by atoms with Crippen molar-refractivity contribution in [1.29, 1.82) is 0 Å². The van der Waals surface area contributed by atoms with E-state index in [2.05, 4.69) is 11.4 Å². The lowest BCUT2D eigenvalue weighted by Gasteiger charge is -2.26. The lowest BCUT2D eigenvalue weighted by atomic mass is 9.88. The number of hydrogen-bond donors (Lipinski definition) is 1. The molecule has 1 aliphatic heterocycles. The Morgan fingerprint density at radius 1 is 1.11 bits per heavy atom. The van der Waals surface area contributed by atoms with Gasteiger partial charge in [-0.1, -0.05) is 36.4 Å². The van der Waals surface area contributed by atoms with Crippen molar-refractivity contribution >= 4 is 21.8 Å². The van der Waals surface area contributed by atoms with Crippen LogP contribution in [-0.4, -0.2) is 31.1 Å². The molecule has 2 aromatic rings. The maximum atomic E-state index is 12.5. The normalized spacial score (nSPS) is 20.1. The maximum Gasteiger partial charge on any atom is 0.269 e. The molecular formula is C20H20N2O4S. The highest BCUT2D eigenvalue weighted by atomic mass is 32.2. The lowest BCUT2D eigenvalue weighted by Crippen LogP contribution is -2.36. The first-order valence-corrected chi connectivity index (χ1v) is 10.5. The Labute approximate surface area is 158 Å². The molecule has 1 N–H and O–H groups in total. The predicted octanol–water partition coefficient (Wildman–Crippen LogP) is 2.42. The number of fused-ring (bicyclic) bond motifs is 2. The molecule has 0 spiro atoms. The van der Waals surface area contributed by atoms with Crippen molar-refractivity contribution < 1.29 is 18.0 Å². The molecule has 1 aliphatic carbocycles. The Morgan fingerprint density at radius 3 is 2.67 bits per heavy atom. The molecule has 6 nitrogen and oxygen atoms in total. The van der Waals surface area contributed by atoms with E-state index in [0.717, 1.165) is 29.1 Å². The highest BCUT2D eigenvalue weighted by Gasteiger charge is 2.40. The van der Waals surface area contributed by atoms with Gasteiger partial charge in [0.2, 0.25) is 5.91 Å². The lowest BCUT2D eigenvalue weighted by molar-refractivity contribution is -0.122. The van der Waals surface area contributed by atoms with Crippen LogP contribution in [0.2, 0.25) is 0 Å². The van der Waals surface area contributed by atoms with Gasteiger partial charge in [0.1, 0.15) is 4.90 Å². The summed E-state index contributed by atoms with van der Waals surface area (Å²) in [6.07, 6.45) is 2.80. The molecule has 2 aliphatic rings. The van der Waals surface area contributed by atoms with Gasteiger partial charge in [0.05, 0.1) is 11.6 Å². The van der Waals surface area contributed by atoms with Gasteiger partial charge in [0, 0.05) is 13.0 Å². The van der Waals surface area contributed by atoms with Crippen LogP contribution >= 0.6 is 0 Å². The van der Waals surface area contributed by atoms with Crippen LogP contribution in [0.1, 0.15) is 46.8 Å². The SMILES string of the molecule is O=C(CCN1C(=O)c2ccccc2S1(=O)=O)NC1CCCc2ccccc21. The molecule has 2 aromatic carbocycles. The van der Waals surface area contributed by atoms with E-state index in [1.807, 2.05) is 18.2 Å². The van der Waals surface area contributed by atoms with Gasteiger partial charge in [0.15, 0.2) is 0 Å². The van der Waals surface area contributed by atoms with Crippen molar-refractivity contribution in [2.45, 2.75) is 36.6 Å². The second kappa shape index (κ2) is 6.81. The number of amides is 2. The van der Waals surface area contributed by atoms with Gasteiger partial charge >= 0.3 is 0 Å². The molecular weight excluding hydrogens is 364 g/mol. The molecule has 1 atom stereocenters. The number of aryl methyl sites for hydroxylation is 1. The largest absolute Gasteiger partial charge is 0.349 e. The zero-order valence-corrected chi connectivity index (χ0v) is 15.5. The summed E-state index contributed by atoms with van der Waals surface area (Å²) >= 11 is 0. The molecule has 4 rings (SSSR count). The summed E-state index contributed by atoms with van der Waals surface area (Å²) in [5, 5.41) is 2.99. The first-order valence-electron chi connectivity index (χ1n) is 9.02. The summed E-state index contributed by atoms with van der Waals surface area (Å²) < 4.78 is 25.9. The minimum absolute atomic E-state index is 0.0108. The predicted molar refractivity (Wildman–Crippen MR) is 99.5 cm³/mol. The molecule has 7 heteroatoms. The van der Waals surface area contributed by atoms with Crippen molar-refractivity contribution in [3.8, 4) is 0 Å². The van der Waals surface area contributed by atoms with Gasteiger partial charge in [-0.25, -0.2) is 12.7 Å². The number of nitrogens with one attached hydrogen (secondary N) is 1. The minimum Gasteiger partial charge on any atom is -0.349 e. The Morgan fingerprint density at radius 2 is 1.85 bits per heavy atom. The van der Waals surface area contributed by atoms with E-state index in [4.69, 9.17) is 0 Å². The van der Waals surface area contributed by atoms with E-state index in [9.17, 15) is 18.0 Å². The average Bonchev–Trinajstić information content (AvgIpc) is 2.87. The zero-order chi connectivity index (χ0) is 19.0. The fraction of sp³-hybridized carbons (Fsp3) is 0.300. The second-order valence-corrected chi connectivity index (χ2v) is 8.67. The third-order valence-corrected chi connectivity index (χ3v) is 7.00. The number of carbonyl (C=O) groups excluding carboxylic acids is 2. The summed E-state index contributed by atoms with van der Waals surface area (Å²) in [4.78, 5) is 24.8. The van der Waals surface area contributed by atoms with Crippen LogP contribution < -0.4 is 5.32 Å². The molecule has 0 saturated heterocycles. The first kappa shape index (κ1) is 17.7. The Bertz CT molecular complexity index is 1020. The summed E-state index contributed by atoms with van der Waals surface area (Å²) in [7, 11) is -3.87. The van der Waals surface area contributed by atoms with E-state index >= 15 is 0 Å². The van der Waals surface area contributed by atoms with Gasteiger partial charge in [-0.3, -0.25) is 9.59 Å². The first-order chi connectivity index (χ1) is 13.0. The molecule has 2 amide bonds. The van der Waals surface area contributed by atoms with E-state index in [1.54, 1.807) is 12.1 Å². The molecule has 1 heterocycles. The van der Waals surface area contributed by atoms with Gasteiger partial charge in [0.25, 0.3) is 15.9 Å². The smallest absolute Gasteiger partial charge is 0.269 e. The van der Waals surface area contributed by atoms with E-state index in [-0.39, 0.29) is 35.4 Å². The number of nitrogens with zero attached hydrogens (tertiary/aromatic N) is 1. The molecule has 140 valence electrons. The molecule has 1 unspecified atom stereocenters. The topological polar surface area (TPSA) is 83.6 Å². The Hall–Kier alpha value is -2.67. The zero-order valence-electron chi connectivity index (χ0n) is 14.7. The van der Waals surface area contributed by atoms with E-state index in [0.29, 0.717) is 0 Å². The third kappa shape index (κ3) is 3.12. The van der Waals surface area contributed by atoms with Crippen LogP contribution in [0, 0.1) is 0 Å². The Kier molecular flexibility index (Phi) is 4.47. The molecule has 0 fully saturated rings. The summed E-state index contributed by atoms with van der Waals surface area (Å²) in [5.41, 5.74) is 2.52. The summed E-state index contributed by atoms with van der Waals surface area (Å²) in [6.45, 7) is -0.157. The van der Waals surface area contributed by atoms with Crippen molar-refractivity contribution in [2.75, 3.05) is 6.54 Å². The van der Waals surface area contributed by atoms with Gasteiger partial charge < -0.3 is 5.32 Å². The molecule has 0 aromatic heterocycles. The van der Waals surface area contributed by atoms with Crippen molar-refractivity contribution in [3.63, 3.8) is 0 Å². The van der Waals surface area contributed by atoms with Crippen molar-refractivity contribution in [1.82, 2.24) is 9.62 Å². The van der Waals surface area contributed by atoms with Crippen LogP contribution in [0.25, 0.3) is 0 Å². The second-order valence-electron chi connectivity index (χ2n) is 6.84. The number of benzene rings is 2. The van der Waals surface area contributed by atoms with E-state index in [1.165, 1.54) is 17.7 Å². The van der Waals surface area contributed by atoms with Gasteiger partial charge in [-0.15, -0.1) is 0 Å². The highest BCUT2D eigenvalue weighted by Crippen LogP contribution is 2.31. The van der Waals surface area contributed by atoms with Crippen molar-refractivity contribution in [3.05, 3.63) is 65.2 Å². The quantitative estimate of drug-likeness (QED) is 0.877. The standard InChI is InChI=1S/C20H20N2O4S/c23-19(21-17-10-5-7-14-6-1-2-8-15(14)17)12-13-22-20(24)16-9-3-4-11-18(16)27(22,25)26/h1-4,6,8-9,11,17H,5,7,10,12-13H2,(H,21,23). The van der Waals surface area contributed by atoms with Crippen LogP contribution in [-0.2, 0) is 21.2 Å². The van der Waals surface area contributed by atoms with Crippen LogP contribution in [0.15, 0.2) is 53.4 Å². The molecule has 0 radical (unpaired) electrons. The number of hydrogen-bond acceptors (Lipinski definition) is 4. The number of carbonyl (C=O) groups is 2. The molecule has 0 saturated carbocycles. The fourth-order valence-corrected chi connectivity index (χ4v) is 5.40. The number of sulfonamides is 1. The van der Waals surface area contributed by atoms with Crippen molar-refractivity contribution in [2.24, 2.45) is 0 Å². The van der Waals surface area contributed by atoms with Crippen LogP contribution in [0.4, 0.5) is 0 Å². The maximum absolute atomic E-state index is 12.5. The Balaban J connectivity index is 1.43. The minimum atomic E-state index is -3.87. The van der Waals surface area contributed by atoms with Gasteiger partial charge in [-0.05, 0) is 42.5 Å². The summed E-state index contributed by atoms with van der Waals surface area (Å²) in [5.74, 6) is -0.822. The molecule has 0 bridgehead atoms. The van der Waals surface area contributed by atoms with Crippen LogP contribution in [0.3, 0.4) is 0 Å². The highest BCUT2D eigenvalue weighted by molar-refractivity contribution is 7.90. The average molecular weight is 384 g/mol. The monoisotopic (exact) mass is 384 g/mol. The van der Waals surface area contributed by atoms with Crippen LogP contribution in [0.5, 0.6) is 0 Å². The summed E-state index contributed by atoms with van der Waals surface area (Å²) in [6, 6.07) is 14.1. The third-order valence-electron chi connectivity index (χ3n) is 5.16. The number of rotatable bonds is 4. The van der Waals surface area contributed by atoms with Gasteiger partial charge in [-0.2, -0.15) is 0 Å².